The molecule has 3 aromatic rings. The van der Waals surface area contributed by atoms with Gasteiger partial charge in [0.05, 0.1) is 6.20 Å². The number of aryl methyl sites for hydroxylation is 1. The maximum Gasteiger partial charge on any atom is 0.433 e. The number of alkyl halides is 3. The summed E-state index contributed by atoms with van der Waals surface area (Å²) in [5.74, 6) is -1.28. The summed E-state index contributed by atoms with van der Waals surface area (Å²) in [5.41, 5.74) is -0.519. The van der Waals surface area contributed by atoms with E-state index in [2.05, 4.69) is 20.4 Å². The first kappa shape index (κ1) is 16.7. The number of hydrogen-bond donors (Lipinski definition) is 1. The summed E-state index contributed by atoms with van der Waals surface area (Å²) >= 11 is 0. The number of carboxylic acid groups (broad SMARTS) is 1. The Morgan fingerprint density at radius 2 is 2.08 bits per heavy atom. The summed E-state index contributed by atoms with van der Waals surface area (Å²) in [5, 5.41) is 20.2. The molecule has 0 fully saturated rings. The third-order valence-electron chi connectivity index (χ3n) is 3.38. The van der Waals surface area contributed by atoms with E-state index in [0.29, 0.717) is 4.68 Å². The number of carboxylic acids is 1. The van der Waals surface area contributed by atoms with Crippen molar-refractivity contribution in [2.24, 2.45) is 7.05 Å². The van der Waals surface area contributed by atoms with Gasteiger partial charge < -0.3 is 9.84 Å². The molecule has 1 unspecified atom stereocenters. The summed E-state index contributed by atoms with van der Waals surface area (Å²) in [4.78, 5) is 15.0. The van der Waals surface area contributed by atoms with Crippen LogP contribution < -0.4 is 4.74 Å². The Hall–Kier alpha value is -3.18. The Balaban J connectivity index is 1.90. The van der Waals surface area contributed by atoms with E-state index < -0.39 is 23.9 Å². The highest BCUT2D eigenvalue weighted by atomic mass is 19.4. The number of carbonyl (C=O) groups is 1. The number of nitrogens with zero attached hydrogens (tertiary/aromatic N) is 6. The Labute approximate surface area is 137 Å². The van der Waals surface area contributed by atoms with Crippen molar-refractivity contribution in [1.29, 1.82) is 0 Å². The number of ether oxygens (including phenoxy) is 1. The Morgan fingerprint density at radius 3 is 2.68 bits per heavy atom. The molecule has 1 N–H and O–H groups in total. The van der Waals surface area contributed by atoms with E-state index >= 15 is 0 Å². The minimum Gasteiger partial charge on any atom is -0.480 e. The lowest BCUT2D eigenvalue weighted by molar-refractivity contribution is -0.143. The van der Waals surface area contributed by atoms with Crippen LogP contribution in [0.5, 0.6) is 11.6 Å². The van der Waals surface area contributed by atoms with Gasteiger partial charge in [-0.15, -0.1) is 10.2 Å². The zero-order valence-corrected chi connectivity index (χ0v) is 12.9. The molecule has 0 aliphatic heterocycles. The molecule has 132 valence electrons. The fraction of sp³-hybridized carbons (Fsp3) is 0.308. The minimum absolute atomic E-state index is 0.0920. The van der Waals surface area contributed by atoms with Gasteiger partial charge in [0.1, 0.15) is 17.0 Å². The minimum atomic E-state index is -4.55. The van der Waals surface area contributed by atoms with Crippen LogP contribution in [0.1, 0.15) is 18.7 Å². The average molecular weight is 356 g/mol. The molecule has 9 nitrogen and oxygen atoms in total. The van der Waals surface area contributed by atoms with Gasteiger partial charge >= 0.3 is 12.1 Å². The van der Waals surface area contributed by atoms with Crippen molar-refractivity contribution < 1.29 is 27.8 Å². The molecule has 0 aromatic carbocycles. The number of aliphatic carboxylic acids is 1. The maximum atomic E-state index is 12.8. The number of pyridine rings is 1. The first-order valence-electron chi connectivity index (χ1n) is 6.89. The normalized spacial score (nSPS) is 13.2. The average Bonchev–Trinajstić information content (AvgIpc) is 3.09. The monoisotopic (exact) mass is 356 g/mol. The first-order valence-corrected chi connectivity index (χ1v) is 6.89. The van der Waals surface area contributed by atoms with Gasteiger partial charge in [0.25, 0.3) is 0 Å². The molecular formula is C13H11F3N6O3. The van der Waals surface area contributed by atoms with Crippen molar-refractivity contribution in [3.63, 3.8) is 0 Å². The Kier molecular flexibility index (Phi) is 3.81. The van der Waals surface area contributed by atoms with Crippen molar-refractivity contribution >= 4 is 17.1 Å². The molecule has 3 rings (SSSR count). The summed E-state index contributed by atoms with van der Waals surface area (Å²) < 4.78 is 45.3. The molecule has 1 atom stereocenters. The van der Waals surface area contributed by atoms with Gasteiger partial charge in [-0.05, 0) is 6.92 Å². The van der Waals surface area contributed by atoms with Gasteiger partial charge in [-0.2, -0.15) is 13.2 Å². The van der Waals surface area contributed by atoms with E-state index in [9.17, 15) is 18.0 Å². The van der Waals surface area contributed by atoms with Gasteiger partial charge in [-0.3, -0.25) is 4.68 Å². The first-order chi connectivity index (χ1) is 11.7. The van der Waals surface area contributed by atoms with Crippen LogP contribution in [-0.4, -0.2) is 40.8 Å². The van der Waals surface area contributed by atoms with Gasteiger partial charge in [0, 0.05) is 19.2 Å². The second-order valence-corrected chi connectivity index (χ2v) is 5.15. The molecule has 0 aliphatic carbocycles. The second kappa shape index (κ2) is 5.72. The molecule has 0 spiro atoms. The Morgan fingerprint density at radius 1 is 1.36 bits per heavy atom. The summed E-state index contributed by atoms with van der Waals surface area (Å²) in [6.45, 7) is 1.41. The molecule has 0 bridgehead atoms. The highest BCUT2D eigenvalue weighted by molar-refractivity contribution is 5.76. The second-order valence-electron chi connectivity index (χ2n) is 5.15. The highest BCUT2D eigenvalue weighted by Gasteiger charge is 2.35. The van der Waals surface area contributed by atoms with Crippen LogP contribution >= 0.6 is 0 Å². The van der Waals surface area contributed by atoms with Crippen LogP contribution in [0.2, 0.25) is 0 Å². The molecule has 12 heteroatoms. The molecule has 0 saturated carbocycles. The van der Waals surface area contributed by atoms with Crippen molar-refractivity contribution in [2.75, 3.05) is 0 Å². The van der Waals surface area contributed by atoms with Crippen LogP contribution in [-0.2, 0) is 18.0 Å². The standard InChI is InChI=1S/C13H11F3N6O3/c1-6(12(23)24)22-11-8(18-20-22)3-7(5-17-11)25-10-4-9(13(14,15)16)21(2)19-10/h3-6H,1-2H3,(H,23,24). The lowest BCUT2D eigenvalue weighted by atomic mass is 10.3. The van der Waals surface area contributed by atoms with Crippen LogP contribution in [0.25, 0.3) is 11.2 Å². The van der Waals surface area contributed by atoms with Crippen LogP contribution in [0, 0.1) is 0 Å². The van der Waals surface area contributed by atoms with Gasteiger partial charge in [0.15, 0.2) is 11.7 Å². The fourth-order valence-electron chi connectivity index (χ4n) is 2.11. The van der Waals surface area contributed by atoms with Crippen molar-refractivity contribution in [2.45, 2.75) is 19.1 Å². The van der Waals surface area contributed by atoms with E-state index in [-0.39, 0.29) is 22.8 Å². The molecule has 3 heterocycles. The summed E-state index contributed by atoms with van der Waals surface area (Å²) in [6.07, 6.45) is -3.33. The molecule has 25 heavy (non-hydrogen) atoms. The van der Waals surface area contributed by atoms with Crippen LogP contribution in [0.15, 0.2) is 18.3 Å². The number of aromatic nitrogens is 6. The smallest absolute Gasteiger partial charge is 0.433 e. The predicted molar refractivity (Wildman–Crippen MR) is 76.0 cm³/mol. The predicted octanol–water partition coefficient (Wildman–Crippen LogP) is 2.02. The number of halogens is 3. The zero-order valence-electron chi connectivity index (χ0n) is 12.9. The zero-order chi connectivity index (χ0) is 18.4. The summed E-state index contributed by atoms with van der Waals surface area (Å²) in [7, 11) is 1.15. The number of rotatable bonds is 4. The van der Waals surface area contributed by atoms with Crippen molar-refractivity contribution in [3.05, 3.63) is 24.0 Å². The van der Waals surface area contributed by atoms with Gasteiger partial charge in [-0.25, -0.2) is 14.5 Å². The molecule has 0 saturated heterocycles. The van der Waals surface area contributed by atoms with Crippen LogP contribution in [0.4, 0.5) is 13.2 Å². The number of hydrogen-bond acceptors (Lipinski definition) is 6. The van der Waals surface area contributed by atoms with Gasteiger partial charge in [-0.1, -0.05) is 5.21 Å². The van der Waals surface area contributed by atoms with Crippen molar-refractivity contribution in [1.82, 2.24) is 29.8 Å². The van der Waals surface area contributed by atoms with Crippen molar-refractivity contribution in [3.8, 4) is 11.6 Å². The van der Waals surface area contributed by atoms with Gasteiger partial charge in [0.2, 0.25) is 5.88 Å². The maximum absolute atomic E-state index is 12.8. The van der Waals surface area contributed by atoms with E-state index in [0.717, 1.165) is 17.8 Å². The molecule has 0 radical (unpaired) electrons. The molecule has 3 aromatic heterocycles. The summed E-state index contributed by atoms with van der Waals surface area (Å²) in [6, 6.07) is 1.16. The Bertz CT molecular complexity index is 948. The topological polar surface area (TPSA) is 108 Å². The third-order valence-corrected chi connectivity index (χ3v) is 3.38. The van der Waals surface area contributed by atoms with Crippen LogP contribution in [0.3, 0.4) is 0 Å². The van der Waals surface area contributed by atoms with E-state index in [1.165, 1.54) is 19.2 Å². The largest absolute Gasteiger partial charge is 0.480 e. The quantitative estimate of drug-likeness (QED) is 0.762. The molecular weight excluding hydrogens is 345 g/mol. The lowest BCUT2D eigenvalue weighted by Crippen LogP contribution is -2.17. The molecule has 0 aliphatic rings. The lowest BCUT2D eigenvalue weighted by Gasteiger charge is -2.06. The van der Waals surface area contributed by atoms with E-state index in [1.807, 2.05) is 0 Å². The SMILES string of the molecule is CC(C(=O)O)n1nnc2cc(Oc3cc(C(F)(F)F)n(C)n3)cnc21. The number of fused-ring (bicyclic) bond motifs is 1. The fourth-order valence-corrected chi connectivity index (χ4v) is 2.11. The van der Waals surface area contributed by atoms with E-state index in [1.54, 1.807) is 0 Å². The highest BCUT2D eigenvalue weighted by Crippen LogP contribution is 2.32. The van der Waals surface area contributed by atoms with E-state index in [4.69, 9.17) is 9.84 Å². The third kappa shape index (κ3) is 3.09. The molecule has 0 amide bonds.